The van der Waals surface area contributed by atoms with Crippen molar-refractivity contribution in [3.05, 3.63) is 70.9 Å². The van der Waals surface area contributed by atoms with Crippen molar-refractivity contribution in [2.75, 3.05) is 0 Å². The molecular formula is C20H19F2N3OS. The van der Waals surface area contributed by atoms with Crippen LogP contribution in [0.5, 0.6) is 0 Å². The first-order valence-electron chi connectivity index (χ1n) is 8.78. The van der Waals surface area contributed by atoms with Gasteiger partial charge in [0.15, 0.2) is 0 Å². The minimum absolute atomic E-state index is 0.0112. The highest BCUT2D eigenvalue weighted by molar-refractivity contribution is 7.82. The average molecular weight is 387 g/mol. The number of benzene rings is 2. The number of rotatable bonds is 6. The van der Waals surface area contributed by atoms with Crippen LogP contribution in [0.25, 0.3) is 11.3 Å². The molecule has 2 aromatic carbocycles. The van der Waals surface area contributed by atoms with Crippen molar-refractivity contribution in [1.29, 1.82) is 0 Å². The van der Waals surface area contributed by atoms with Crippen LogP contribution in [0.15, 0.2) is 47.4 Å². The molecule has 3 N–H and O–H groups in total. The molecule has 0 saturated heterocycles. The Bertz CT molecular complexity index is 997. The molecule has 1 atom stereocenters. The summed E-state index contributed by atoms with van der Waals surface area (Å²) >= 11 is 0. The van der Waals surface area contributed by atoms with Gasteiger partial charge >= 0.3 is 0 Å². The number of hydrogen-bond donors (Lipinski definition) is 2. The molecule has 7 heteroatoms. The maximum Gasteiger partial charge on any atom is 0.140 e. The van der Waals surface area contributed by atoms with Crippen LogP contribution in [0.3, 0.4) is 0 Å². The van der Waals surface area contributed by atoms with Gasteiger partial charge in [-0.25, -0.2) is 18.1 Å². The van der Waals surface area contributed by atoms with Crippen LogP contribution in [-0.4, -0.2) is 14.4 Å². The molecule has 0 radical (unpaired) electrons. The number of nitrogens with two attached hydrogens (primary N) is 1. The van der Waals surface area contributed by atoms with E-state index in [-0.39, 0.29) is 10.7 Å². The second-order valence-corrected chi connectivity index (χ2v) is 7.96. The predicted molar refractivity (Wildman–Crippen MR) is 100 cm³/mol. The number of hydrogen-bond acceptors (Lipinski definition) is 2. The van der Waals surface area contributed by atoms with Crippen LogP contribution in [0, 0.1) is 17.6 Å². The van der Waals surface area contributed by atoms with Gasteiger partial charge in [-0.3, -0.25) is 5.10 Å². The summed E-state index contributed by atoms with van der Waals surface area (Å²) in [5.41, 5.74) is 4.31. The molecule has 1 unspecified atom stereocenters. The Kier molecular flexibility index (Phi) is 4.88. The Morgan fingerprint density at radius 2 is 1.89 bits per heavy atom. The fraction of sp³-hybridized carbons (Fsp3) is 0.250. The molecule has 0 amide bonds. The molecule has 0 bridgehead atoms. The van der Waals surface area contributed by atoms with Crippen LogP contribution in [0.2, 0.25) is 0 Å². The maximum absolute atomic E-state index is 14.2. The first-order chi connectivity index (χ1) is 13.0. The van der Waals surface area contributed by atoms with Gasteiger partial charge in [0.25, 0.3) is 0 Å². The van der Waals surface area contributed by atoms with Gasteiger partial charge in [0.05, 0.1) is 10.6 Å². The first-order valence-corrected chi connectivity index (χ1v) is 9.99. The van der Waals surface area contributed by atoms with E-state index in [1.807, 2.05) is 0 Å². The highest BCUT2D eigenvalue weighted by Gasteiger charge is 2.25. The van der Waals surface area contributed by atoms with Gasteiger partial charge in [-0.1, -0.05) is 6.07 Å². The maximum atomic E-state index is 14.2. The van der Waals surface area contributed by atoms with Crippen molar-refractivity contribution < 1.29 is 13.0 Å². The third-order valence-corrected chi connectivity index (χ3v) is 5.62. The second kappa shape index (κ2) is 7.32. The van der Waals surface area contributed by atoms with E-state index in [4.69, 9.17) is 5.14 Å². The quantitative estimate of drug-likeness (QED) is 0.674. The van der Waals surface area contributed by atoms with Crippen LogP contribution in [0.1, 0.15) is 29.7 Å². The summed E-state index contributed by atoms with van der Waals surface area (Å²) in [5, 5.41) is 12.9. The van der Waals surface area contributed by atoms with E-state index in [9.17, 15) is 13.0 Å². The fourth-order valence-electron chi connectivity index (χ4n) is 3.24. The zero-order valence-electron chi connectivity index (χ0n) is 14.5. The van der Waals surface area contributed by atoms with Crippen LogP contribution >= 0.6 is 0 Å². The lowest BCUT2D eigenvalue weighted by molar-refractivity contribution is 0.593. The van der Waals surface area contributed by atoms with Crippen molar-refractivity contribution in [1.82, 2.24) is 10.2 Å². The van der Waals surface area contributed by atoms with E-state index >= 15 is 0 Å². The van der Waals surface area contributed by atoms with Crippen LogP contribution in [-0.2, 0) is 23.8 Å². The largest absolute Gasteiger partial charge is 0.282 e. The number of halogens is 2. The van der Waals surface area contributed by atoms with E-state index in [1.54, 1.807) is 18.2 Å². The van der Waals surface area contributed by atoms with Crippen LogP contribution in [0.4, 0.5) is 8.78 Å². The number of nitrogens with one attached hydrogen (secondary N) is 1. The summed E-state index contributed by atoms with van der Waals surface area (Å²) in [6, 6.07) is 10.7. The Balaban J connectivity index is 1.71. The Morgan fingerprint density at radius 1 is 1.15 bits per heavy atom. The third kappa shape index (κ3) is 3.99. The predicted octanol–water partition coefficient (Wildman–Crippen LogP) is 3.88. The summed E-state index contributed by atoms with van der Waals surface area (Å²) in [4.78, 5) is -0.0112. The molecular weight excluding hydrogens is 368 g/mol. The van der Waals surface area contributed by atoms with Crippen LogP contribution < -0.4 is 5.14 Å². The van der Waals surface area contributed by atoms with Gasteiger partial charge < -0.3 is 0 Å². The van der Waals surface area contributed by atoms with E-state index in [0.717, 1.165) is 34.5 Å². The molecule has 1 fully saturated rings. The highest BCUT2D eigenvalue weighted by atomic mass is 32.2. The summed E-state index contributed by atoms with van der Waals surface area (Å²) < 4.78 is 38.8. The molecule has 3 aromatic rings. The van der Waals surface area contributed by atoms with Gasteiger partial charge in [-0.05, 0) is 67.1 Å². The van der Waals surface area contributed by atoms with Crippen molar-refractivity contribution in [3.8, 4) is 11.3 Å². The summed E-state index contributed by atoms with van der Waals surface area (Å²) in [6.45, 7) is 0. The minimum atomic E-state index is -1.86. The molecule has 0 spiro atoms. The molecule has 4 nitrogen and oxygen atoms in total. The second-order valence-electron chi connectivity index (χ2n) is 6.92. The molecule has 1 aliphatic rings. The lowest BCUT2D eigenvalue weighted by Crippen LogP contribution is -2.06. The van der Waals surface area contributed by atoms with Crippen molar-refractivity contribution in [3.63, 3.8) is 0 Å². The smallest absolute Gasteiger partial charge is 0.140 e. The Morgan fingerprint density at radius 3 is 2.52 bits per heavy atom. The molecule has 4 rings (SSSR count). The van der Waals surface area contributed by atoms with Gasteiger partial charge in [0.1, 0.15) is 22.6 Å². The summed E-state index contributed by atoms with van der Waals surface area (Å²) in [5.74, 6) is -0.227. The zero-order chi connectivity index (χ0) is 19.0. The highest BCUT2D eigenvalue weighted by Crippen LogP contribution is 2.35. The van der Waals surface area contributed by atoms with E-state index in [0.29, 0.717) is 12.3 Å². The fourth-order valence-corrected chi connectivity index (χ4v) is 3.69. The van der Waals surface area contributed by atoms with E-state index < -0.39 is 16.8 Å². The normalized spacial score (nSPS) is 15.1. The van der Waals surface area contributed by atoms with E-state index in [2.05, 4.69) is 10.2 Å². The number of H-pyrrole nitrogens is 1. The summed E-state index contributed by atoms with van der Waals surface area (Å²) in [7, 11) is -1.86. The first kappa shape index (κ1) is 18.0. The average Bonchev–Trinajstić information content (AvgIpc) is 3.37. The third-order valence-electron chi connectivity index (χ3n) is 4.85. The van der Waals surface area contributed by atoms with Gasteiger partial charge in [0, 0.05) is 23.2 Å². The zero-order valence-corrected chi connectivity index (χ0v) is 15.4. The topological polar surface area (TPSA) is 71.8 Å². The lowest BCUT2D eigenvalue weighted by Gasteiger charge is -2.08. The standard InChI is InChI=1S/C20H19F2N3OS/c21-15-6-4-14(5-7-15)20-16(18(24-25-20)11-12-1-2-12)9-13-3-8-19(27(23)26)17(22)10-13/h3-8,10,12H,1-2,9,11,23H2,(H,24,25). The number of aromatic nitrogens is 2. The molecule has 1 aliphatic carbocycles. The number of aromatic amines is 1. The molecule has 27 heavy (non-hydrogen) atoms. The lowest BCUT2D eigenvalue weighted by atomic mass is 9.97. The Labute approximate surface area is 158 Å². The number of nitrogens with zero attached hydrogens (tertiary/aromatic N) is 1. The molecule has 1 aromatic heterocycles. The molecule has 1 heterocycles. The SMILES string of the molecule is NS(=O)c1ccc(Cc2c(-c3ccc(F)cc3)n[nH]c2CC2CC2)cc1F. The van der Waals surface area contributed by atoms with Gasteiger partial charge in [0.2, 0.25) is 0 Å². The van der Waals surface area contributed by atoms with Crippen molar-refractivity contribution >= 4 is 11.0 Å². The minimum Gasteiger partial charge on any atom is -0.282 e. The van der Waals surface area contributed by atoms with Gasteiger partial charge in [-0.15, -0.1) is 0 Å². The Hall–Kier alpha value is -2.38. The van der Waals surface area contributed by atoms with E-state index in [1.165, 1.54) is 37.1 Å². The van der Waals surface area contributed by atoms with Crippen molar-refractivity contribution in [2.45, 2.75) is 30.6 Å². The van der Waals surface area contributed by atoms with Gasteiger partial charge in [-0.2, -0.15) is 5.10 Å². The van der Waals surface area contributed by atoms with Crippen molar-refractivity contribution in [2.24, 2.45) is 11.1 Å². The molecule has 0 aliphatic heterocycles. The molecule has 1 saturated carbocycles. The monoisotopic (exact) mass is 387 g/mol. The summed E-state index contributed by atoms with van der Waals surface area (Å²) in [6.07, 6.45) is 3.78. The molecule has 140 valence electrons.